The largest absolute Gasteiger partial charge is 0.491 e. The van der Waals surface area contributed by atoms with Gasteiger partial charge in [-0.1, -0.05) is 13.0 Å². The lowest BCUT2D eigenvalue weighted by molar-refractivity contribution is -0.157. The molecule has 0 radical (unpaired) electrons. The number of fused-ring (bicyclic) bond motifs is 1. The van der Waals surface area contributed by atoms with E-state index in [4.69, 9.17) is 4.74 Å². The predicted octanol–water partition coefficient (Wildman–Crippen LogP) is 2.02. The summed E-state index contributed by atoms with van der Waals surface area (Å²) in [6.07, 6.45) is -4.42. The van der Waals surface area contributed by atoms with Crippen LogP contribution in [0.5, 0.6) is 5.75 Å². The fraction of sp³-hybridized carbons (Fsp3) is 0.462. The topological polar surface area (TPSA) is 50.4 Å². The maximum Gasteiger partial charge on any atom is 0.407 e. The van der Waals surface area contributed by atoms with Crippen LogP contribution in [0, 0.1) is 0 Å². The number of alkyl halides is 3. The Kier molecular flexibility index (Phi) is 4.17. The van der Waals surface area contributed by atoms with Crippen molar-refractivity contribution >= 4 is 5.91 Å². The second-order valence-electron chi connectivity index (χ2n) is 4.39. The molecule has 0 saturated carbocycles. The van der Waals surface area contributed by atoms with E-state index in [1.54, 1.807) is 6.92 Å². The molecule has 0 spiro atoms. The molecule has 1 aromatic rings. The second-order valence-corrected chi connectivity index (χ2v) is 4.39. The summed E-state index contributed by atoms with van der Waals surface area (Å²) in [4.78, 5) is 11.8. The van der Waals surface area contributed by atoms with E-state index in [-0.39, 0.29) is 17.7 Å². The maximum atomic E-state index is 13.0. The Morgan fingerprint density at radius 3 is 2.85 bits per heavy atom. The lowest BCUT2D eigenvalue weighted by Gasteiger charge is -2.22. The third-order valence-electron chi connectivity index (χ3n) is 2.96. The van der Waals surface area contributed by atoms with Crippen LogP contribution in [0.25, 0.3) is 0 Å². The van der Waals surface area contributed by atoms with Gasteiger partial charge in [0.25, 0.3) is 5.91 Å². The Morgan fingerprint density at radius 1 is 1.45 bits per heavy atom. The number of benzene rings is 1. The molecule has 0 bridgehead atoms. The van der Waals surface area contributed by atoms with E-state index >= 15 is 0 Å². The molecule has 1 aliphatic heterocycles. The van der Waals surface area contributed by atoms with Crippen LogP contribution in [-0.2, 0) is 0 Å². The van der Waals surface area contributed by atoms with Crippen molar-refractivity contribution < 1.29 is 22.7 Å². The molecule has 1 atom stereocenters. The Bertz CT molecular complexity index is 503. The van der Waals surface area contributed by atoms with Gasteiger partial charge in [0.15, 0.2) is 0 Å². The first-order chi connectivity index (χ1) is 9.43. The Morgan fingerprint density at radius 2 is 2.20 bits per heavy atom. The molecule has 1 heterocycles. The first-order valence-electron chi connectivity index (χ1n) is 6.28. The van der Waals surface area contributed by atoms with Crippen LogP contribution < -0.4 is 15.4 Å². The number of hydrogen-bond acceptors (Lipinski definition) is 3. The average molecular weight is 288 g/mol. The van der Waals surface area contributed by atoms with Crippen molar-refractivity contribution in [2.24, 2.45) is 0 Å². The van der Waals surface area contributed by atoms with Gasteiger partial charge in [0.05, 0.1) is 12.1 Å². The van der Waals surface area contributed by atoms with Crippen molar-refractivity contribution in [3.05, 3.63) is 29.3 Å². The molecule has 1 amide bonds. The van der Waals surface area contributed by atoms with Crippen LogP contribution in [0.3, 0.4) is 0 Å². The minimum Gasteiger partial charge on any atom is -0.491 e. The number of nitrogens with one attached hydrogen (secondary N) is 2. The van der Waals surface area contributed by atoms with Crippen LogP contribution in [0.1, 0.15) is 28.9 Å². The van der Waals surface area contributed by atoms with E-state index in [0.29, 0.717) is 18.9 Å². The summed E-state index contributed by atoms with van der Waals surface area (Å²) in [6, 6.07) is 2.18. The van der Waals surface area contributed by atoms with Crippen molar-refractivity contribution in [2.75, 3.05) is 19.7 Å². The number of carbonyl (C=O) groups excluding carboxylic acids is 1. The van der Waals surface area contributed by atoms with E-state index < -0.39 is 18.1 Å². The summed E-state index contributed by atoms with van der Waals surface area (Å²) in [6.45, 7) is 2.40. The first kappa shape index (κ1) is 14.6. The van der Waals surface area contributed by atoms with E-state index in [9.17, 15) is 18.0 Å². The van der Waals surface area contributed by atoms with Gasteiger partial charge in [-0.3, -0.25) is 4.79 Å². The van der Waals surface area contributed by atoms with Gasteiger partial charge in [-0.15, -0.1) is 0 Å². The maximum absolute atomic E-state index is 13.0. The summed E-state index contributed by atoms with van der Waals surface area (Å²) in [7, 11) is 0. The third kappa shape index (κ3) is 3.04. The zero-order valence-electron chi connectivity index (χ0n) is 10.9. The molecule has 7 heteroatoms. The molecular formula is C13H15F3N2O2. The van der Waals surface area contributed by atoms with E-state index in [1.807, 2.05) is 0 Å². The number of hydrogen-bond donors (Lipinski definition) is 2. The molecule has 0 aliphatic carbocycles. The normalized spacial score (nSPS) is 16.7. The van der Waals surface area contributed by atoms with Crippen LogP contribution in [-0.4, -0.2) is 31.8 Å². The molecular weight excluding hydrogens is 273 g/mol. The summed E-state index contributed by atoms with van der Waals surface area (Å²) in [5.74, 6) is -0.113. The standard InChI is InChI=1S/C13H15F3N2O2/c1-2-17-11(13(14,15)16)8-3-4-10-9(7-8)12(19)18-5-6-20-10/h3-4,7,11,17H,2,5-6H2,1H3,(H,18,19). The van der Waals surface area contributed by atoms with Crippen molar-refractivity contribution in [1.82, 2.24) is 10.6 Å². The van der Waals surface area contributed by atoms with Gasteiger partial charge in [0, 0.05) is 0 Å². The van der Waals surface area contributed by atoms with Crippen LogP contribution in [0.2, 0.25) is 0 Å². The molecule has 1 aromatic carbocycles. The molecule has 1 aliphatic rings. The number of carbonyl (C=O) groups is 1. The summed E-state index contributed by atoms with van der Waals surface area (Å²) < 4.78 is 44.3. The zero-order chi connectivity index (χ0) is 14.8. The SMILES string of the molecule is CCNC(c1ccc2c(c1)C(=O)NCCO2)C(F)(F)F. The van der Waals surface area contributed by atoms with Crippen molar-refractivity contribution in [3.8, 4) is 5.75 Å². The number of halogens is 3. The molecule has 0 saturated heterocycles. The Labute approximate surface area is 114 Å². The fourth-order valence-corrected chi connectivity index (χ4v) is 2.08. The van der Waals surface area contributed by atoms with E-state index in [2.05, 4.69) is 10.6 Å². The minimum absolute atomic E-state index is 0.00116. The van der Waals surface area contributed by atoms with Gasteiger partial charge < -0.3 is 15.4 Å². The highest BCUT2D eigenvalue weighted by Crippen LogP contribution is 2.34. The highest BCUT2D eigenvalue weighted by atomic mass is 19.4. The summed E-state index contributed by atoms with van der Waals surface area (Å²) in [5, 5.41) is 4.95. The zero-order valence-corrected chi connectivity index (χ0v) is 10.9. The van der Waals surface area contributed by atoms with Gasteiger partial charge in [-0.2, -0.15) is 13.2 Å². The minimum atomic E-state index is -4.42. The molecule has 20 heavy (non-hydrogen) atoms. The number of amides is 1. The van der Waals surface area contributed by atoms with Crippen LogP contribution >= 0.6 is 0 Å². The Hall–Kier alpha value is -1.76. The molecule has 110 valence electrons. The second kappa shape index (κ2) is 5.70. The molecule has 4 nitrogen and oxygen atoms in total. The highest BCUT2D eigenvalue weighted by Gasteiger charge is 2.40. The van der Waals surface area contributed by atoms with Gasteiger partial charge in [0.1, 0.15) is 18.4 Å². The van der Waals surface area contributed by atoms with Crippen molar-refractivity contribution in [1.29, 1.82) is 0 Å². The van der Waals surface area contributed by atoms with E-state index in [1.165, 1.54) is 18.2 Å². The van der Waals surface area contributed by atoms with Crippen molar-refractivity contribution in [3.63, 3.8) is 0 Å². The van der Waals surface area contributed by atoms with Crippen LogP contribution in [0.4, 0.5) is 13.2 Å². The molecule has 1 unspecified atom stereocenters. The third-order valence-corrected chi connectivity index (χ3v) is 2.96. The summed E-state index contributed by atoms with van der Waals surface area (Å²) >= 11 is 0. The Balaban J connectivity index is 2.40. The fourth-order valence-electron chi connectivity index (χ4n) is 2.08. The van der Waals surface area contributed by atoms with Gasteiger partial charge in [-0.25, -0.2) is 0 Å². The lowest BCUT2D eigenvalue weighted by atomic mass is 10.0. The lowest BCUT2D eigenvalue weighted by Crippen LogP contribution is -2.34. The van der Waals surface area contributed by atoms with Gasteiger partial charge >= 0.3 is 6.18 Å². The van der Waals surface area contributed by atoms with Gasteiger partial charge in [-0.05, 0) is 24.2 Å². The van der Waals surface area contributed by atoms with Crippen molar-refractivity contribution in [2.45, 2.75) is 19.1 Å². The average Bonchev–Trinajstić information content (AvgIpc) is 2.57. The molecule has 2 rings (SSSR count). The monoisotopic (exact) mass is 288 g/mol. The quantitative estimate of drug-likeness (QED) is 0.894. The summed E-state index contributed by atoms with van der Waals surface area (Å²) in [5.41, 5.74) is 0.130. The van der Waals surface area contributed by atoms with Crippen LogP contribution in [0.15, 0.2) is 18.2 Å². The number of ether oxygens (including phenoxy) is 1. The van der Waals surface area contributed by atoms with E-state index in [0.717, 1.165) is 0 Å². The molecule has 0 fully saturated rings. The first-order valence-corrected chi connectivity index (χ1v) is 6.28. The molecule has 2 N–H and O–H groups in total. The predicted molar refractivity (Wildman–Crippen MR) is 66.7 cm³/mol. The van der Waals surface area contributed by atoms with Gasteiger partial charge in [0.2, 0.25) is 0 Å². The molecule has 0 aromatic heterocycles. The highest BCUT2D eigenvalue weighted by molar-refractivity contribution is 5.97. The number of rotatable bonds is 3. The smallest absolute Gasteiger partial charge is 0.407 e.